The van der Waals surface area contributed by atoms with Crippen LogP contribution in [0.15, 0.2) is 30.3 Å². The van der Waals surface area contributed by atoms with Gasteiger partial charge in [-0.15, -0.1) is 0 Å². The number of aromatic nitrogens is 1. The Bertz CT molecular complexity index is 606. The maximum Gasteiger partial charge on any atom is 0.159 e. The van der Waals surface area contributed by atoms with Gasteiger partial charge in [-0.2, -0.15) is 0 Å². The fourth-order valence-electron chi connectivity index (χ4n) is 2.44. The first-order valence-electron chi connectivity index (χ1n) is 7.14. The highest BCUT2D eigenvalue weighted by Crippen LogP contribution is 2.24. The Labute approximate surface area is 124 Å². The highest BCUT2D eigenvalue weighted by Gasteiger charge is 2.16. The lowest BCUT2D eigenvalue weighted by Gasteiger charge is -2.20. The van der Waals surface area contributed by atoms with Crippen LogP contribution in [0.4, 0.5) is 8.78 Å². The van der Waals surface area contributed by atoms with Crippen molar-refractivity contribution in [2.45, 2.75) is 33.2 Å². The van der Waals surface area contributed by atoms with Crippen molar-refractivity contribution in [3.8, 4) is 0 Å². The molecule has 0 bridgehead atoms. The van der Waals surface area contributed by atoms with Gasteiger partial charge in [0.25, 0.3) is 0 Å². The van der Waals surface area contributed by atoms with Crippen LogP contribution in [0.1, 0.15) is 41.9 Å². The summed E-state index contributed by atoms with van der Waals surface area (Å²) in [5.41, 5.74) is 3.55. The van der Waals surface area contributed by atoms with Crippen molar-refractivity contribution < 1.29 is 8.78 Å². The molecule has 0 aliphatic heterocycles. The number of hydrogen-bond acceptors (Lipinski definition) is 2. The Morgan fingerprint density at radius 1 is 1.00 bits per heavy atom. The summed E-state index contributed by atoms with van der Waals surface area (Å²) in [7, 11) is 0. The summed E-state index contributed by atoms with van der Waals surface area (Å²) < 4.78 is 26.7. The molecule has 0 aliphatic carbocycles. The molecule has 112 valence electrons. The number of rotatable bonds is 5. The molecule has 0 saturated heterocycles. The Balaban J connectivity index is 2.43. The Morgan fingerprint density at radius 2 is 1.67 bits per heavy atom. The fraction of sp³-hybridized carbons (Fsp3) is 0.353. The van der Waals surface area contributed by atoms with Crippen LogP contribution in [0.2, 0.25) is 0 Å². The van der Waals surface area contributed by atoms with Crippen LogP contribution >= 0.6 is 0 Å². The van der Waals surface area contributed by atoms with E-state index < -0.39 is 11.6 Å². The van der Waals surface area contributed by atoms with Gasteiger partial charge in [-0.3, -0.25) is 4.98 Å². The number of halogens is 2. The molecule has 0 saturated carbocycles. The average Bonchev–Trinajstić information content (AvgIpc) is 2.42. The van der Waals surface area contributed by atoms with E-state index in [-0.39, 0.29) is 6.04 Å². The number of benzene rings is 1. The fourth-order valence-corrected chi connectivity index (χ4v) is 2.44. The Morgan fingerprint density at radius 3 is 2.24 bits per heavy atom. The van der Waals surface area contributed by atoms with Crippen LogP contribution in [-0.2, 0) is 0 Å². The number of aryl methyl sites for hydroxylation is 2. The van der Waals surface area contributed by atoms with E-state index in [1.807, 2.05) is 26.0 Å². The van der Waals surface area contributed by atoms with Gasteiger partial charge in [0, 0.05) is 11.4 Å². The predicted molar refractivity (Wildman–Crippen MR) is 80.2 cm³/mol. The van der Waals surface area contributed by atoms with E-state index in [1.165, 1.54) is 12.1 Å². The minimum Gasteiger partial charge on any atom is -0.306 e. The van der Waals surface area contributed by atoms with Gasteiger partial charge in [-0.25, -0.2) is 8.78 Å². The molecular formula is C17H20F2N2. The van der Waals surface area contributed by atoms with E-state index in [9.17, 15) is 8.78 Å². The Kier molecular flexibility index (Phi) is 5.02. The van der Waals surface area contributed by atoms with E-state index in [0.717, 1.165) is 29.9 Å². The molecule has 1 aromatic carbocycles. The van der Waals surface area contributed by atoms with Gasteiger partial charge in [-0.1, -0.05) is 13.0 Å². The van der Waals surface area contributed by atoms with E-state index in [0.29, 0.717) is 5.56 Å². The first kappa shape index (κ1) is 15.6. The van der Waals surface area contributed by atoms with Gasteiger partial charge in [0.1, 0.15) is 0 Å². The second-order valence-corrected chi connectivity index (χ2v) is 5.24. The van der Waals surface area contributed by atoms with Crippen LogP contribution in [0.25, 0.3) is 0 Å². The molecule has 1 heterocycles. The second kappa shape index (κ2) is 6.76. The van der Waals surface area contributed by atoms with Crippen LogP contribution < -0.4 is 5.32 Å². The number of nitrogens with zero attached hydrogens (tertiary/aromatic N) is 1. The molecule has 0 spiro atoms. The van der Waals surface area contributed by atoms with E-state index in [2.05, 4.69) is 17.2 Å². The van der Waals surface area contributed by atoms with Gasteiger partial charge in [0.05, 0.1) is 6.04 Å². The van der Waals surface area contributed by atoms with Gasteiger partial charge < -0.3 is 5.32 Å². The van der Waals surface area contributed by atoms with E-state index in [1.54, 1.807) is 6.07 Å². The number of pyridine rings is 1. The van der Waals surface area contributed by atoms with Crippen LogP contribution in [0, 0.1) is 25.5 Å². The standard InChI is InChI=1S/C17H20F2N2/c1-4-7-20-17(13-5-6-15(18)16(19)10-13)14-8-11(2)21-12(3)9-14/h5-6,8-10,17,20H,4,7H2,1-3H3. The van der Waals surface area contributed by atoms with Gasteiger partial charge >= 0.3 is 0 Å². The highest BCUT2D eigenvalue weighted by molar-refractivity contribution is 5.34. The topological polar surface area (TPSA) is 24.9 Å². The van der Waals surface area contributed by atoms with E-state index >= 15 is 0 Å². The molecule has 2 nitrogen and oxygen atoms in total. The number of nitrogens with one attached hydrogen (secondary N) is 1. The third kappa shape index (κ3) is 3.85. The van der Waals surface area contributed by atoms with Gasteiger partial charge in [0.2, 0.25) is 0 Å². The molecule has 21 heavy (non-hydrogen) atoms. The van der Waals surface area contributed by atoms with E-state index in [4.69, 9.17) is 0 Å². The maximum absolute atomic E-state index is 13.5. The van der Waals surface area contributed by atoms with Crippen molar-refractivity contribution in [2.75, 3.05) is 6.54 Å². The molecule has 4 heteroatoms. The maximum atomic E-state index is 13.5. The third-order valence-electron chi connectivity index (χ3n) is 3.31. The molecule has 1 aromatic heterocycles. The summed E-state index contributed by atoms with van der Waals surface area (Å²) in [4.78, 5) is 4.36. The van der Waals surface area contributed by atoms with Crippen LogP contribution in [0.5, 0.6) is 0 Å². The molecule has 2 rings (SSSR count). The van der Waals surface area contributed by atoms with Crippen LogP contribution in [0.3, 0.4) is 0 Å². The van der Waals surface area contributed by atoms with Gasteiger partial charge in [-0.05, 0) is 62.2 Å². The molecule has 0 amide bonds. The summed E-state index contributed by atoms with van der Waals surface area (Å²) in [6, 6.07) is 7.83. The lowest BCUT2D eigenvalue weighted by molar-refractivity contribution is 0.503. The average molecular weight is 290 g/mol. The quantitative estimate of drug-likeness (QED) is 0.898. The SMILES string of the molecule is CCCNC(c1cc(C)nc(C)c1)c1ccc(F)c(F)c1. The van der Waals surface area contributed by atoms with Crippen molar-refractivity contribution in [3.63, 3.8) is 0 Å². The minimum absolute atomic E-state index is 0.166. The van der Waals surface area contributed by atoms with Crippen molar-refractivity contribution in [1.29, 1.82) is 0 Å². The molecule has 0 aliphatic rings. The first-order chi connectivity index (χ1) is 10.0. The molecule has 1 unspecified atom stereocenters. The molecule has 0 radical (unpaired) electrons. The highest BCUT2D eigenvalue weighted by atomic mass is 19.2. The summed E-state index contributed by atoms with van der Waals surface area (Å²) in [5.74, 6) is -1.65. The van der Waals surface area contributed by atoms with Crippen LogP contribution in [-0.4, -0.2) is 11.5 Å². The lowest BCUT2D eigenvalue weighted by atomic mass is 9.97. The molecule has 1 atom stereocenters. The van der Waals surface area contributed by atoms with Crippen molar-refractivity contribution in [2.24, 2.45) is 0 Å². The lowest BCUT2D eigenvalue weighted by Crippen LogP contribution is -2.23. The zero-order valence-corrected chi connectivity index (χ0v) is 12.6. The van der Waals surface area contributed by atoms with Gasteiger partial charge in [0.15, 0.2) is 11.6 Å². The normalized spacial score (nSPS) is 12.4. The predicted octanol–water partition coefficient (Wildman–Crippen LogP) is 4.07. The summed E-state index contributed by atoms with van der Waals surface area (Å²) >= 11 is 0. The summed E-state index contributed by atoms with van der Waals surface area (Å²) in [5, 5.41) is 3.39. The van der Waals surface area contributed by atoms with Crippen molar-refractivity contribution in [1.82, 2.24) is 10.3 Å². The van der Waals surface area contributed by atoms with Crippen molar-refractivity contribution >= 4 is 0 Å². The Hall–Kier alpha value is -1.81. The largest absolute Gasteiger partial charge is 0.306 e. The zero-order valence-electron chi connectivity index (χ0n) is 12.6. The zero-order chi connectivity index (χ0) is 15.4. The minimum atomic E-state index is -0.824. The summed E-state index contributed by atoms with van der Waals surface area (Å²) in [6.45, 7) is 6.72. The first-order valence-corrected chi connectivity index (χ1v) is 7.14. The molecular weight excluding hydrogens is 270 g/mol. The number of hydrogen-bond donors (Lipinski definition) is 1. The smallest absolute Gasteiger partial charge is 0.159 e. The third-order valence-corrected chi connectivity index (χ3v) is 3.31. The second-order valence-electron chi connectivity index (χ2n) is 5.24. The van der Waals surface area contributed by atoms with Crippen molar-refractivity contribution in [3.05, 3.63) is 64.5 Å². The molecule has 0 fully saturated rings. The summed E-state index contributed by atoms with van der Waals surface area (Å²) in [6.07, 6.45) is 0.962. The molecule has 2 aromatic rings. The molecule has 1 N–H and O–H groups in total. The monoisotopic (exact) mass is 290 g/mol.